The maximum absolute atomic E-state index is 10.3. The monoisotopic (exact) mass is 444 g/mol. The first-order chi connectivity index (χ1) is 15.4. The zero-order valence-electron chi connectivity index (χ0n) is 19.4. The lowest BCUT2D eigenvalue weighted by Gasteiger charge is -2.30. The fraction of sp³-hybridized carbons (Fsp3) is 0.583. The van der Waals surface area contributed by atoms with E-state index in [2.05, 4.69) is 20.2 Å². The summed E-state index contributed by atoms with van der Waals surface area (Å²) in [6.07, 6.45) is 1.48. The Morgan fingerprint density at radius 1 is 1.12 bits per heavy atom. The highest BCUT2D eigenvalue weighted by Crippen LogP contribution is 2.28. The standard InChI is InChI=1S/C24H36N4O4/c1-17-12-18(2)27-24(26-17)6-9-25-14-19-4-5-22(23(13-19)31-3)32-16-21(30)15-28-10-7-20(29)8-11-28/h4-5,12-13,20-21,25,29-30H,6-11,14-16H2,1-3H3/t21-/m0/s1. The summed E-state index contributed by atoms with van der Waals surface area (Å²) in [7, 11) is 1.62. The van der Waals surface area contributed by atoms with Crippen molar-refractivity contribution in [2.24, 2.45) is 0 Å². The van der Waals surface area contributed by atoms with Gasteiger partial charge in [-0.25, -0.2) is 9.97 Å². The molecule has 0 bridgehead atoms. The minimum Gasteiger partial charge on any atom is -0.493 e. The van der Waals surface area contributed by atoms with E-state index < -0.39 is 6.10 Å². The van der Waals surface area contributed by atoms with Gasteiger partial charge in [-0.05, 0) is 50.5 Å². The number of aromatic nitrogens is 2. The van der Waals surface area contributed by atoms with Crippen molar-refractivity contribution in [1.82, 2.24) is 20.2 Å². The molecule has 0 radical (unpaired) electrons. The minimum absolute atomic E-state index is 0.197. The summed E-state index contributed by atoms with van der Waals surface area (Å²) in [6, 6.07) is 7.81. The zero-order valence-corrected chi connectivity index (χ0v) is 19.4. The summed E-state index contributed by atoms with van der Waals surface area (Å²) in [5.41, 5.74) is 3.07. The molecule has 1 fully saturated rings. The molecule has 1 aromatic carbocycles. The van der Waals surface area contributed by atoms with Crippen LogP contribution in [0.15, 0.2) is 24.3 Å². The van der Waals surface area contributed by atoms with Gasteiger partial charge >= 0.3 is 0 Å². The molecule has 0 saturated carbocycles. The number of aliphatic hydroxyl groups excluding tert-OH is 2. The number of benzene rings is 1. The van der Waals surface area contributed by atoms with E-state index in [0.29, 0.717) is 24.6 Å². The van der Waals surface area contributed by atoms with Gasteiger partial charge in [0.1, 0.15) is 18.5 Å². The minimum atomic E-state index is -0.594. The number of β-amino-alcohol motifs (C(OH)–C–C–N with tert-alkyl or cyclic N) is 1. The van der Waals surface area contributed by atoms with Crippen molar-refractivity contribution >= 4 is 0 Å². The van der Waals surface area contributed by atoms with Gasteiger partial charge in [0.15, 0.2) is 11.5 Å². The fourth-order valence-electron chi connectivity index (χ4n) is 3.92. The predicted molar refractivity (Wildman–Crippen MR) is 123 cm³/mol. The Kier molecular flexibility index (Phi) is 9.23. The van der Waals surface area contributed by atoms with Crippen LogP contribution in [0.4, 0.5) is 0 Å². The quantitative estimate of drug-likeness (QED) is 0.450. The van der Waals surface area contributed by atoms with Gasteiger partial charge in [0.05, 0.1) is 13.2 Å². The summed E-state index contributed by atoms with van der Waals surface area (Å²) < 4.78 is 11.3. The number of nitrogens with zero attached hydrogens (tertiary/aromatic N) is 3. The van der Waals surface area contributed by atoms with Crippen molar-refractivity contribution in [3.63, 3.8) is 0 Å². The van der Waals surface area contributed by atoms with E-state index in [1.165, 1.54) is 0 Å². The fourth-order valence-corrected chi connectivity index (χ4v) is 3.92. The van der Waals surface area contributed by atoms with Crippen LogP contribution in [0.2, 0.25) is 0 Å². The first kappa shape index (κ1) is 24.4. The number of ether oxygens (including phenoxy) is 2. The first-order valence-electron chi connectivity index (χ1n) is 11.3. The van der Waals surface area contributed by atoms with E-state index >= 15 is 0 Å². The van der Waals surface area contributed by atoms with Crippen LogP contribution in [-0.2, 0) is 13.0 Å². The average Bonchev–Trinajstić information content (AvgIpc) is 2.76. The molecule has 1 aromatic heterocycles. The van der Waals surface area contributed by atoms with Gasteiger partial charge in [-0.2, -0.15) is 0 Å². The van der Waals surface area contributed by atoms with Gasteiger partial charge in [-0.3, -0.25) is 0 Å². The van der Waals surface area contributed by atoms with Crippen LogP contribution in [0.25, 0.3) is 0 Å². The number of rotatable bonds is 11. The van der Waals surface area contributed by atoms with Crippen molar-refractivity contribution in [2.75, 3.05) is 39.9 Å². The van der Waals surface area contributed by atoms with Crippen molar-refractivity contribution in [3.8, 4) is 11.5 Å². The molecule has 1 aliphatic rings. The van der Waals surface area contributed by atoms with Crippen LogP contribution >= 0.6 is 0 Å². The third kappa shape index (κ3) is 7.70. The van der Waals surface area contributed by atoms with Crippen molar-refractivity contribution in [1.29, 1.82) is 0 Å². The molecule has 1 atom stereocenters. The van der Waals surface area contributed by atoms with Gasteiger partial charge in [0.25, 0.3) is 0 Å². The van der Waals surface area contributed by atoms with Crippen LogP contribution in [0.1, 0.15) is 35.6 Å². The number of aryl methyl sites for hydroxylation is 2. The molecule has 8 nitrogen and oxygen atoms in total. The maximum Gasteiger partial charge on any atom is 0.161 e. The van der Waals surface area contributed by atoms with E-state index in [0.717, 1.165) is 61.7 Å². The number of hydrogen-bond acceptors (Lipinski definition) is 8. The van der Waals surface area contributed by atoms with Crippen molar-refractivity contribution < 1.29 is 19.7 Å². The van der Waals surface area contributed by atoms with E-state index in [9.17, 15) is 10.2 Å². The second kappa shape index (κ2) is 12.1. The van der Waals surface area contributed by atoms with Crippen molar-refractivity contribution in [3.05, 3.63) is 47.0 Å². The molecule has 3 N–H and O–H groups in total. The summed E-state index contributed by atoms with van der Waals surface area (Å²) in [5, 5.41) is 23.3. The number of hydrogen-bond donors (Lipinski definition) is 3. The highest BCUT2D eigenvalue weighted by molar-refractivity contribution is 5.43. The van der Waals surface area contributed by atoms with Crippen LogP contribution < -0.4 is 14.8 Å². The van der Waals surface area contributed by atoms with Gasteiger partial charge in [0.2, 0.25) is 0 Å². The Labute approximate surface area is 190 Å². The second-order valence-corrected chi connectivity index (χ2v) is 8.48. The lowest BCUT2D eigenvalue weighted by molar-refractivity contribution is 0.0333. The third-order valence-electron chi connectivity index (χ3n) is 5.57. The molecule has 32 heavy (non-hydrogen) atoms. The highest BCUT2D eigenvalue weighted by atomic mass is 16.5. The molecule has 0 aliphatic carbocycles. The normalized spacial score (nSPS) is 16.2. The Balaban J connectivity index is 1.43. The third-order valence-corrected chi connectivity index (χ3v) is 5.57. The molecule has 3 rings (SSSR count). The number of likely N-dealkylation sites (tertiary alicyclic amines) is 1. The first-order valence-corrected chi connectivity index (χ1v) is 11.3. The summed E-state index contributed by atoms with van der Waals surface area (Å²) in [4.78, 5) is 11.1. The van der Waals surface area contributed by atoms with E-state index in [-0.39, 0.29) is 12.7 Å². The molecule has 0 amide bonds. The van der Waals surface area contributed by atoms with E-state index in [1.54, 1.807) is 7.11 Å². The molecular weight excluding hydrogens is 408 g/mol. The largest absolute Gasteiger partial charge is 0.493 e. The summed E-state index contributed by atoms with van der Waals surface area (Å²) in [5.74, 6) is 2.12. The van der Waals surface area contributed by atoms with Gasteiger partial charge < -0.3 is 29.9 Å². The Bertz CT molecular complexity index is 836. The molecule has 2 heterocycles. The van der Waals surface area contributed by atoms with Crippen LogP contribution in [-0.4, -0.2) is 77.2 Å². The predicted octanol–water partition coefficient (Wildman–Crippen LogP) is 1.63. The molecule has 176 valence electrons. The topological polar surface area (TPSA) is 100.0 Å². The van der Waals surface area contributed by atoms with Gasteiger partial charge in [0, 0.05) is 50.5 Å². The van der Waals surface area contributed by atoms with Crippen LogP contribution in [0.5, 0.6) is 11.5 Å². The Hall–Kier alpha value is -2.26. The maximum atomic E-state index is 10.3. The number of nitrogens with one attached hydrogen (secondary N) is 1. The van der Waals surface area contributed by atoms with Crippen LogP contribution in [0, 0.1) is 13.8 Å². The molecular formula is C24H36N4O4. The highest BCUT2D eigenvalue weighted by Gasteiger charge is 2.20. The molecule has 1 saturated heterocycles. The summed E-state index contributed by atoms with van der Waals surface area (Å²) >= 11 is 0. The van der Waals surface area contributed by atoms with E-state index in [1.807, 2.05) is 38.1 Å². The molecule has 0 unspecified atom stereocenters. The molecule has 8 heteroatoms. The lowest BCUT2D eigenvalue weighted by Crippen LogP contribution is -2.41. The Morgan fingerprint density at radius 2 is 1.84 bits per heavy atom. The van der Waals surface area contributed by atoms with Gasteiger partial charge in [-0.15, -0.1) is 0 Å². The number of methoxy groups -OCH3 is 1. The van der Waals surface area contributed by atoms with E-state index in [4.69, 9.17) is 9.47 Å². The van der Waals surface area contributed by atoms with Crippen molar-refractivity contribution in [2.45, 2.75) is 51.9 Å². The Morgan fingerprint density at radius 3 is 2.53 bits per heavy atom. The average molecular weight is 445 g/mol. The number of piperidine rings is 1. The molecule has 1 aliphatic heterocycles. The number of aliphatic hydroxyl groups is 2. The molecule has 0 spiro atoms. The van der Waals surface area contributed by atoms with Crippen LogP contribution in [0.3, 0.4) is 0 Å². The zero-order chi connectivity index (χ0) is 22.9. The smallest absolute Gasteiger partial charge is 0.161 e. The molecule has 2 aromatic rings. The SMILES string of the molecule is COc1cc(CNCCc2nc(C)cc(C)n2)ccc1OC[C@@H](O)CN1CCC(O)CC1. The van der Waals surface area contributed by atoms with Gasteiger partial charge in [-0.1, -0.05) is 6.07 Å². The lowest BCUT2D eigenvalue weighted by atomic mass is 10.1. The summed E-state index contributed by atoms with van der Waals surface area (Å²) in [6.45, 7) is 7.80. The second-order valence-electron chi connectivity index (χ2n) is 8.48.